The van der Waals surface area contributed by atoms with Crippen molar-refractivity contribution < 1.29 is 9.15 Å². The van der Waals surface area contributed by atoms with Crippen molar-refractivity contribution in [1.29, 1.82) is 0 Å². The molecule has 1 aliphatic heterocycles. The molecule has 0 radical (unpaired) electrons. The molecule has 1 aliphatic rings. The molecule has 2 unspecified atom stereocenters. The number of aryl methyl sites for hydroxylation is 1. The lowest BCUT2D eigenvalue weighted by atomic mass is 9.99. The Kier molecular flexibility index (Phi) is 2.71. The molecule has 0 N–H and O–H groups in total. The van der Waals surface area contributed by atoms with E-state index >= 15 is 0 Å². The highest BCUT2D eigenvalue weighted by Gasteiger charge is 2.39. The van der Waals surface area contributed by atoms with E-state index in [1.54, 1.807) is 0 Å². The number of alkyl halides is 1. The molecule has 0 aliphatic carbocycles. The predicted octanol–water partition coefficient (Wildman–Crippen LogP) is 3.38. The van der Waals surface area contributed by atoms with Crippen molar-refractivity contribution in [2.24, 2.45) is 0 Å². The van der Waals surface area contributed by atoms with E-state index in [2.05, 4.69) is 22.9 Å². The second kappa shape index (κ2) is 3.70. The van der Waals surface area contributed by atoms with Crippen molar-refractivity contribution in [3.8, 4) is 0 Å². The summed E-state index contributed by atoms with van der Waals surface area (Å²) in [7, 11) is 0. The van der Waals surface area contributed by atoms with Crippen molar-refractivity contribution >= 4 is 15.9 Å². The standard InChI is InChI=1S/C11H15BrO2/c1-8-3-4-10(13-8)11(2)6-5-9(7-12)14-11/h3-4,9H,5-7H2,1-2H3. The van der Waals surface area contributed by atoms with Gasteiger partial charge in [0.2, 0.25) is 0 Å². The van der Waals surface area contributed by atoms with Gasteiger partial charge in [-0.15, -0.1) is 0 Å². The molecule has 0 saturated carbocycles. The Morgan fingerprint density at radius 2 is 2.36 bits per heavy atom. The molecule has 78 valence electrons. The molecule has 0 amide bonds. The minimum absolute atomic E-state index is 0.216. The zero-order valence-electron chi connectivity index (χ0n) is 8.55. The van der Waals surface area contributed by atoms with Crippen LogP contribution in [0.25, 0.3) is 0 Å². The summed E-state index contributed by atoms with van der Waals surface area (Å²) in [4.78, 5) is 0. The first-order chi connectivity index (χ1) is 6.64. The monoisotopic (exact) mass is 258 g/mol. The number of hydrogen-bond acceptors (Lipinski definition) is 2. The number of rotatable bonds is 2. The van der Waals surface area contributed by atoms with Crippen LogP contribution < -0.4 is 0 Å². The summed E-state index contributed by atoms with van der Waals surface area (Å²) in [6.45, 7) is 4.07. The maximum Gasteiger partial charge on any atom is 0.135 e. The van der Waals surface area contributed by atoms with Gasteiger partial charge < -0.3 is 9.15 Å². The maximum absolute atomic E-state index is 5.96. The van der Waals surface area contributed by atoms with E-state index in [1.807, 2.05) is 19.1 Å². The van der Waals surface area contributed by atoms with Gasteiger partial charge in [-0.3, -0.25) is 0 Å². The maximum atomic E-state index is 5.96. The third kappa shape index (κ3) is 1.75. The lowest BCUT2D eigenvalue weighted by Gasteiger charge is -2.21. The average Bonchev–Trinajstić information content (AvgIpc) is 2.73. The summed E-state index contributed by atoms with van der Waals surface area (Å²) in [6.07, 6.45) is 2.46. The average molecular weight is 259 g/mol. The van der Waals surface area contributed by atoms with Crippen molar-refractivity contribution in [1.82, 2.24) is 0 Å². The Bertz CT molecular complexity index is 321. The van der Waals surface area contributed by atoms with E-state index in [9.17, 15) is 0 Å². The molecule has 0 aromatic carbocycles. The van der Waals surface area contributed by atoms with Crippen LogP contribution >= 0.6 is 15.9 Å². The van der Waals surface area contributed by atoms with Gasteiger partial charge in [0.15, 0.2) is 0 Å². The smallest absolute Gasteiger partial charge is 0.135 e. The second-order valence-corrected chi connectivity index (χ2v) is 4.72. The third-order valence-electron chi connectivity index (χ3n) is 2.80. The normalized spacial score (nSPS) is 32.4. The Labute approximate surface area is 92.8 Å². The van der Waals surface area contributed by atoms with Gasteiger partial charge >= 0.3 is 0 Å². The summed E-state index contributed by atoms with van der Waals surface area (Å²) >= 11 is 3.45. The minimum Gasteiger partial charge on any atom is -0.463 e. The molecule has 1 aromatic rings. The molecule has 0 bridgehead atoms. The Morgan fingerprint density at radius 1 is 1.57 bits per heavy atom. The van der Waals surface area contributed by atoms with Crippen molar-refractivity contribution in [3.63, 3.8) is 0 Å². The first-order valence-corrected chi connectivity index (χ1v) is 6.07. The van der Waals surface area contributed by atoms with Crippen LogP contribution in [0.2, 0.25) is 0 Å². The zero-order chi connectivity index (χ0) is 10.2. The molecule has 14 heavy (non-hydrogen) atoms. The van der Waals surface area contributed by atoms with E-state index < -0.39 is 0 Å². The molecule has 2 heterocycles. The molecular formula is C11H15BrO2. The number of halogens is 1. The highest BCUT2D eigenvalue weighted by molar-refractivity contribution is 9.09. The van der Waals surface area contributed by atoms with Crippen LogP contribution in [0.3, 0.4) is 0 Å². The third-order valence-corrected chi connectivity index (χ3v) is 3.53. The topological polar surface area (TPSA) is 22.4 Å². The van der Waals surface area contributed by atoms with Gasteiger partial charge in [0.25, 0.3) is 0 Å². The number of ether oxygens (including phenoxy) is 1. The molecule has 2 nitrogen and oxygen atoms in total. The molecule has 3 heteroatoms. The van der Waals surface area contributed by atoms with E-state index in [0.29, 0.717) is 6.10 Å². The number of hydrogen-bond donors (Lipinski definition) is 0. The van der Waals surface area contributed by atoms with Crippen molar-refractivity contribution in [2.45, 2.75) is 38.4 Å². The van der Waals surface area contributed by atoms with Crippen LogP contribution in [0.4, 0.5) is 0 Å². The Balaban J connectivity index is 2.18. The first-order valence-electron chi connectivity index (χ1n) is 4.95. The molecule has 1 fully saturated rings. The summed E-state index contributed by atoms with van der Waals surface area (Å²) in [6, 6.07) is 4.01. The molecule has 1 aromatic heterocycles. The fourth-order valence-corrected chi connectivity index (χ4v) is 2.39. The fraction of sp³-hybridized carbons (Fsp3) is 0.636. The summed E-state index contributed by atoms with van der Waals surface area (Å²) in [5.41, 5.74) is -0.216. The van der Waals surface area contributed by atoms with Gasteiger partial charge in [-0.2, -0.15) is 0 Å². The van der Waals surface area contributed by atoms with E-state index in [4.69, 9.17) is 9.15 Å². The zero-order valence-corrected chi connectivity index (χ0v) is 10.1. The Morgan fingerprint density at radius 3 is 2.86 bits per heavy atom. The summed E-state index contributed by atoms with van der Waals surface area (Å²) in [5.74, 6) is 1.91. The van der Waals surface area contributed by atoms with Gasteiger partial charge in [-0.05, 0) is 38.8 Å². The van der Waals surface area contributed by atoms with Crippen LogP contribution in [0, 0.1) is 6.92 Å². The van der Waals surface area contributed by atoms with E-state index in [-0.39, 0.29) is 5.60 Å². The quantitative estimate of drug-likeness (QED) is 0.760. The largest absolute Gasteiger partial charge is 0.463 e. The van der Waals surface area contributed by atoms with Gasteiger partial charge in [0, 0.05) is 5.33 Å². The van der Waals surface area contributed by atoms with Crippen molar-refractivity contribution in [2.75, 3.05) is 5.33 Å². The number of furan rings is 1. The highest BCUT2D eigenvalue weighted by Crippen LogP contribution is 2.39. The van der Waals surface area contributed by atoms with Crippen LogP contribution in [-0.4, -0.2) is 11.4 Å². The fourth-order valence-electron chi connectivity index (χ4n) is 1.93. The molecule has 1 saturated heterocycles. The molecule has 0 spiro atoms. The van der Waals surface area contributed by atoms with Gasteiger partial charge in [-0.1, -0.05) is 15.9 Å². The molecular weight excluding hydrogens is 244 g/mol. The van der Waals surface area contributed by atoms with Gasteiger partial charge in [0.05, 0.1) is 6.10 Å². The van der Waals surface area contributed by atoms with E-state index in [0.717, 1.165) is 29.7 Å². The second-order valence-electron chi connectivity index (χ2n) is 4.07. The summed E-state index contributed by atoms with van der Waals surface area (Å²) in [5, 5.41) is 0.905. The Hall–Kier alpha value is -0.280. The highest BCUT2D eigenvalue weighted by atomic mass is 79.9. The van der Waals surface area contributed by atoms with Gasteiger partial charge in [-0.25, -0.2) is 0 Å². The SMILES string of the molecule is Cc1ccc(C2(C)CCC(CBr)O2)o1. The van der Waals surface area contributed by atoms with E-state index in [1.165, 1.54) is 0 Å². The molecule has 2 rings (SSSR count). The minimum atomic E-state index is -0.216. The van der Waals surface area contributed by atoms with Crippen LogP contribution in [0.5, 0.6) is 0 Å². The predicted molar refractivity (Wildman–Crippen MR) is 58.7 cm³/mol. The first kappa shape index (κ1) is 10.2. The van der Waals surface area contributed by atoms with Gasteiger partial charge in [0.1, 0.15) is 17.1 Å². The lowest BCUT2D eigenvalue weighted by Crippen LogP contribution is -2.22. The van der Waals surface area contributed by atoms with Crippen LogP contribution in [0.1, 0.15) is 31.3 Å². The summed E-state index contributed by atoms with van der Waals surface area (Å²) < 4.78 is 11.6. The van der Waals surface area contributed by atoms with Crippen molar-refractivity contribution in [3.05, 3.63) is 23.7 Å². The van der Waals surface area contributed by atoms with Crippen LogP contribution in [-0.2, 0) is 10.3 Å². The molecule has 2 atom stereocenters. The van der Waals surface area contributed by atoms with Crippen LogP contribution in [0.15, 0.2) is 16.5 Å². The lowest BCUT2D eigenvalue weighted by molar-refractivity contribution is -0.0368.